The number of carbonyl (C=O) groups excluding carboxylic acids is 1. The molecule has 0 saturated carbocycles. The molecule has 0 aromatic heterocycles. The molecule has 1 aromatic carbocycles. The van der Waals surface area contributed by atoms with Gasteiger partial charge in [0.25, 0.3) is 0 Å². The molecule has 0 heterocycles. The molecule has 0 saturated heterocycles. The number of allylic oxidation sites excluding steroid dienone is 1. The number of hydrogen-bond acceptors (Lipinski definition) is 2. The number of rotatable bonds is 8. The summed E-state index contributed by atoms with van der Waals surface area (Å²) in [4.78, 5) is 12.1. The third kappa shape index (κ3) is 10.8. The second-order valence-corrected chi connectivity index (χ2v) is 7.38. The fraction of sp³-hybridized carbons (Fsp3) is 0.440. The molecule has 0 N–H and O–H groups in total. The Morgan fingerprint density at radius 1 is 1.11 bits per heavy atom. The van der Waals surface area contributed by atoms with Crippen LogP contribution in [0.15, 0.2) is 47.9 Å². The van der Waals surface area contributed by atoms with Crippen molar-refractivity contribution in [3.63, 3.8) is 0 Å². The van der Waals surface area contributed by atoms with Crippen molar-refractivity contribution >= 4 is 5.97 Å². The molecule has 0 unspecified atom stereocenters. The molecule has 1 aromatic rings. The monoisotopic (exact) mass is 362 g/mol. The van der Waals surface area contributed by atoms with Crippen molar-refractivity contribution in [1.82, 2.24) is 0 Å². The fourth-order valence-corrected chi connectivity index (χ4v) is 2.09. The molecule has 0 bridgehead atoms. The van der Waals surface area contributed by atoms with E-state index >= 15 is 0 Å². The van der Waals surface area contributed by atoms with Crippen molar-refractivity contribution in [2.45, 2.75) is 65.7 Å². The molecule has 0 spiro atoms. The summed E-state index contributed by atoms with van der Waals surface area (Å²) < 4.78 is 5.54. The molecule has 2 heteroatoms. The minimum absolute atomic E-state index is 0.232. The largest absolute Gasteiger partial charge is 0.422 e. The van der Waals surface area contributed by atoms with E-state index in [1.165, 1.54) is 0 Å². The van der Waals surface area contributed by atoms with Crippen LogP contribution in [0.1, 0.15) is 71.3 Å². The van der Waals surface area contributed by atoms with Crippen LogP contribution in [0, 0.1) is 29.6 Å². The van der Waals surface area contributed by atoms with Gasteiger partial charge in [0.05, 0.1) is 5.41 Å². The van der Waals surface area contributed by atoms with Crippen LogP contribution < -0.4 is 0 Å². The molecule has 0 atom stereocenters. The average molecular weight is 363 g/mol. The molecule has 0 fully saturated rings. The smallest absolute Gasteiger partial charge is 0.316 e. The zero-order valence-electron chi connectivity index (χ0n) is 16.8. The van der Waals surface area contributed by atoms with Gasteiger partial charge in [-0.15, -0.1) is 12.3 Å². The van der Waals surface area contributed by atoms with E-state index in [0.29, 0.717) is 12.2 Å². The molecular formula is C25H30O2. The molecule has 1 rings (SSSR count). The highest BCUT2D eigenvalue weighted by Gasteiger charge is 2.24. The van der Waals surface area contributed by atoms with Gasteiger partial charge in [-0.1, -0.05) is 35.8 Å². The molecule has 0 radical (unpaired) electrons. The predicted octanol–water partition coefficient (Wildman–Crippen LogP) is 6.03. The van der Waals surface area contributed by atoms with Crippen LogP contribution in [-0.2, 0) is 9.53 Å². The maximum Gasteiger partial charge on any atom is 0.316 e. The Bertz CT molecular complexity index is 739. The van der Waals surface area contributed by atoms with Crippen LogP contribution in [0.4, 0.5) is 0 Å². The first-order valence-electron chi connectivity index (χ1n) is 9.57. The van der Waals surface area contributed by atoms with E-state index in [0.717, 1.165) is 44.1 Å². The Labute approximate surface area is 164 Å². The maximum absolute atomic E-state index is 12.1. The van der Waals surface area contributed by atoms with Crippen LogP contribution >= 0.6 is 0 Å². The Balaban J connectivity index is 2.54. The minimum Gasteiger partial charge on any atom is -0.422 e. The van der Waals surface area contributed by atoms with Gasteiger partial charge in [0.15, 0.2) is 0 Å². The van der Waals surface area contributed by atoms with E-state index in [4.69, 9.17) is 11.2 Å². The lowest BCUT2D eigenvalue weighted by Crippen LogP contribution is -2.22. The number of terminal acetylenes is 1. The number of esters is 1. The van der Waals surface area contributed by atoms with Crippen LogP contribution in [0.5, 0.6) is 0 Å². The van der Waals surface area contributed by atoms with E-state index in [1.54, 1.807) is 0 Å². The van der Waals surface area contributed by atoms with Crippen molar-refractivity contribution in [1.29, 1.82) is 0 Å². The molecular weight excluding hydrogens is 332 g/mol. The Morgan fingerprint density at radius 2 is 1.85 bits per heavy atom. The summed E-state index contributed by atoms with van der Waals surface area (Å²) >= 11 is 0. The normalized spacial score (nSPS) is 10.0. The first-order chi connectivity index (χ1) is 12.9. The summed E-state index contributed by atoms with van der Waals surface area (Å²) in [6.45, 7) is 5.54. The van der Waals surface area contributed by atoms with Gasteiger partial charge in [-0.05, 0) is 64.7 Å². The predicted molar refractivity (Wildman–Crippen MR) is 112 cm³/mol. The lowest BCUT2D eigenvalue weighted by molar-refractivity contribution is -0.148. The Hall–Kier alpha value is -2.67. The van der Waals surface area contributed by atoms with Crippen molar-refractivity contribution in [3.05, 3.63) is 53.5 Å². The number of unbranched alkanes of at least 4 members (excludes halogenated alkanes) is 4. The van der Waals surface area contributed by atoms with Gasteiger partial charge in [-0.25, -0.2) is 0 Å². The second-order valence-electron chi connectivity index (χ2n) is 7.38. The molecule has 0 aliphatic carbocycles. The van der Waals surface area contributed by atoms with E-state index < -0.39 is 5.41 Å². The van der Waals surface area contributed by atoms with Gasteiger partial charge in [-0.2, -0.15) is 0 Å². The average Bonchev–Trinajstić information content (AvgIpc) is 2.64. The van der Waals surface area contributed by atoms with E-state index in [9.17, 15) is 4.79 Å². The summed E-state index contributed by atoms with van der Waals surface area (Å²) in [6, 6.07) is 9.97. The van der Waals surface area contributed by atoms with Gasteiger partial charge in [0.2, 0.25) is 0 Å². The molecule has 142 valence electrons. The Morgan fingerprint density at radius 3 is 2.52 bits per heavy atom. The van der Waals surface area contributed by atoms with Crippen molar-refractivity contribution < 1.29 is 9.53 Å². The molecule has 0 amide bonds. The third-order valence-corrected chi connectivity index (χ3v) is 3.72. The number of carbonyl (C=O) groups is 1. The lowest BCUT2D eigenvalue weighted by Gasteiger charge is -2.17. The standard InChI is InChI=1S/C25H30O2/c1-5-6-7-15-20-23(27-24(26)25(2,3)4)21-16-10-8-9-12-17-22-18-13-11-14-19-22/h1,11,13-14,16,18-19H,6-10,15,20H2,2-4H3. The van der Waals surface area contributed by atoms with Gasteiger partial charge >= 0.3 is 5.97 Å². The first-order valence-corrected chi connectivity index (χ1v) is 9.57. The highest BCUT2D eigenvalue weighted by Crippen LogP contribution is 2.19. The zero-order chi connectivity index (χ0) is 20.0. The summed E-state index contributed by atoms with van der Waals surface area (Å²) in [5.41, 5.74) is 3.67. The topological polar surface area (TPSA) is 26.3 Å². The highest BCUT2D eigenvalue weighted by atomic mass is 16.5. The van der Waals surface area contributed by atoms with Gasteiger partial charge in [-0.3, -0.25) is 4.79 Å². The summed E-state index contributed by atoms with van der Waals surface area (Å²) in [5.74, 6) is 9.33. The minimum atomic E-state index is -0.529. The Kier molecular flexibility index (Phi) is 10.5. The second kappa shape index (κ2) is 12.6. The van der Waals surface area contributed by atoms with Crippen LogP contribution in [0.2, 0.25) is 0 Å². The quantitative estimate of drug-likeness (QED) is 0.185. The van der Waals surface area contributed by atoms with Crippen molar-refractivity contribution in [2.24, 2.45) is 5.41 Å². The van der Waals surface area contributed by atoms with Gasteiger partial charge in [0, 0.05) is 24.8 Å². The molecule has 0 aliphatic heterocycles. The first kappa shape index (κ1) is 22.4. The van der Waals surface area contributed by atoms with Gasteiger partial charge < -0.3 is 4.74 Å². The fourth-order valence-electron chi connectivity index (χ4n) is 2.09. The summed E-state index contributed by atoms with van der Waals surface area (Å²) in [5, 5.41) is 0. The highest BCUT2D eigenvalue weighted by molar-refractivity contribution is 5.76. The molecule has 0 aliphatic rings. The van der Waals surface area contributed by atoms with E-state index in [1.807, 2.05) is 57.2 Å². The SMILES string of the molecule is C#CCCCCC(=C=CCCCC#Cc1ccccc1)OC(=O)C(C)(C)C. The maximum atomic E-state index is 12.1. The van der Waals surface area contributed by atoms with E-state index in [2.05, 4.69) is 23.5 Å². The van der Waals surface area contributed by atoms with E-state index in [-0.39, 0.29) is 5.97 Å². The third-order valence-electron chi connectivity index (χ3n) is 3.72. The van der Waals surface area contributed by atoms with Crippen LogP contribution in [0.3, 0.4) is 0 Å². The summed E-state index contributed by atoms with van der Waals surface area (Å²) in [6.07, 6.45) is 13.1. The molecule has 2 nitrogen and oxygen atoms in total. The van der Waals surface area contributed by atoms with Crippen LogP contribution in [-0.4, -0.2) is 5.97 Å². The van der Waals surface area contributed by atoms with Crippen molar-refractivity contribution in [3.8, 4) is 24.2 Å². The number of hydrogen-bond donors (Lipinski definition) is 0. The van der Waals surface area contributed by atoms with Gasteiger partial charge in [0.1, 0.15) is 5.76 Å². The van der Waals surface area contributed by atoms with Crippen LogP contribution in [0.25, 0.3) is 0 Å². The molecule has 27 heavy (non-hydrogen) atoms. The zero-order valence-corrected chi connectivity index (χ0v) is 16.8. The summed E-state index contributed by atoms with van der Waals surface area (Å²) in [7, 11) is 0. The lowest BCUT2D eigenvalue weighted by atomic mass is 9.97. The number of ether oxygens (including phenoxy) is 1. The number of benzene rings is 1. The van der Waals surface area contributed by atoms with Crippen molar-refractivity contribution in [2.75, 3.05) is 0 Å².